The molecule has 1 aliphatic rings. The number of nitrogens with zero attached hydrogens (tertiary/aromatic N) is 5. The summed E-state index contributed by atoms with van der Waals surface area (Å²) in [6, 6.07) is -0.243. The number of rotatable bonds is 4. The monoisotopic (exact) mass is 472 g/mol. The Kier molecular flexibility index (Phi) is 5.51. The maximum Gasteiger partial charge on any atom is 0.323 e. The van der Waals surface area contributed by atoms with Crippen LogP contribution in [0.15, 0.2) is 24.8 Å². The van der Waals surface area contributed by atoms with Gasteiger partial charge in [-0.1, -0.05) is 11.6 Å². The maximum atomic E-state index is 15.2. The Morgan fingerprint density at radius 1 is 1.27 bits per heavy atom. The fourth-order valence-corrected chi connectivity index (χ4v) is 4.13. The third-order valence-electron chi connectivity index (χ3n) is 5.35. The lowest BCUT2D eigenvalue weighted by Gasteiger charge is -2.26. The summed E-state index contributed by atoms with van der Waals surface area (Å²) < 4.78 is 22.2. The van der Waals surface area contributed by atoms with Gasteiger partial charge in [0.1, 0.15) is 0 Å². The van der Waals surface area contributed by atoms with Crippen molar-refractivity contribution in [2.24, 2.45) is 0 Å². The number of carbonyl (C=O) groups is 1. The van der Waals surface area contributed by atoms with Gasteiger partial charge in [-0.05, 0) is 13.8 Å². The molecule has 2 amide bonds. The van der Waals surface area contributed by atoms with Gasteiger partial charge in [0.25, 0.3) is 0 Å². The van der Waals surface area contributed by atoms with Gasteiger partial charge in [0.2, 0.25) is 0 Å². The Bertz CT molecular complexity index is 1350. The van der Waals surface area contributed by atoms with Crippen LogP contribution in [0.2, 0.25) is 5.02 Å². The molecule has 0 aliphatic carbocycles. The summed E-state index contributed by atoms with van der Waals surface area (Å²) in [4.78, 5) is 23.0. The highest BCUT2D eigenvalue weighted by Crippen LogP contribution is 2.40. The van der Waals surface area contributed by atoms with Crippen molar-refractivity contribution < 1.29 is 13.9 Å². The van der Waals surface area contributed by atoms with Crippen molar-refractivity contribution in [1.29, 1.82) is 0 Å². The largest absolute Gasteiger partial charge is 0.379 e. The number of carbonyl (C=O) groups excluding carboxylic acids is 1. The van der Waals surface area contributed by atoms with Crippen LogP contribution in [0.3, 0.4) is 0 Å². The Balaban J connectivity index is 1.51. The van der Waals surface area contributed by atoms with Crippen LogP contribution in [0.1, 0.15) is 13.8 Å². The summed E-state index contributed by atoms with van der Waals surface area (Å²) in [6.45, 7) is 5.89. The van der Waals surface area contributed by atoms with Crippen LogP contribution in [0.4, 0.5) is 20.7 Å². The zero-order chi connectivity index (χ0) is 23.1. The van der Waals surface area contributed by atoms with Crippen LogP contribution in [-0.2, 0) is 4.74 Å². The number of benzene rings is 1. The molecular weight excluding hydrogens is 451 g/mol. The number of imidazole rings is 1. The summed E-state index contributed by atoms with van der Waals surface area (Å²) >= 11 is 6.47. The molecule has 3 aromatic heterocycles. The average Bonchev–Trinajstić information content (AvgIpc) is 3.43. The van der Waals surface area contributed by atoms with E-state index >= 15 is 4.39 Å². The third-order valence-corrected chi connectivity index (χ3v) is 5.71. The number of hydrogen-bond donors (Lipinski definition) is 3. The highest BCUT2D eigenvalue weighted by molar-refractivity contribution is 6.35. The van der Waals surface area contributed by atoms with Gasteiger partial charge in [0.05, 0.1) is 53.7 Å². The van der Waals surface area contributed by atoms with E-state index in [0.29, 0.717) is 59.9 Å². The van der Waals surface area contributed by atoms with Gasteiger partial charge in [0.15, 0.2) is 17.3 Å². The van der Waals surface area contributed by atoms with Gasteiger partial charge in [-0.25, -0.2) is 14.2 Å². The SMILES string of the molecule is CC(C)Nc1c(F)c(Cl)c(-c2cn3cc(NC(=O)N4CCOCC4)nc3cn2)c2cn[nH]c12. The van der Waals surface area contributed by atoms with Gasteiger partial charge in [-0.2, -0.15) is 5.10 Å². The van der Waals surface area contributed by atoms with Gasteiger partial charge in [-0.15, -0.1) is 0 Å². The van der Waals surface area contributed by atoms with Gasteiger partial charge in [0, 0.05) is 36.3 Å². The van der Waals surface area contributed by atoms with Crippen molar-refractivity contribution in [1.82, 2.24) is 29.5 Å². The number of nitrogens with one attached hydrogen (secondary N) is 3. The second-order valence-electron chi connectivity index (χ2n) is 8.03. The lowest BCUT2D eigenvalue weighted by atomic mass is 10.1. The van der Waals surface area contributed by atoms with E-state index in [9.17, 15) is 4.79 Å². The Morgan fingerprint density at radius 3 is 2.82 bits per heavy atom. The molecule has 0 saturated carbocycles. The second-order valence-corrected chi connectivity index (χ2v) is 8.41. The minimum absolute atomic E-state index is 0.000524. The van der Waals surface area contributed by atoms with E-state index in [-0.39, 0.29) is 22.8 Å². The molecule has 3 N–H and O–H groups in total. The van der Waals surface area contributed by atoms with Crippen molar-refractivity contribution in [3.63, 3.8) is 0 Å². The summed E-state index contributed by atoms with van der Waals surface area (Å²) in [7, 11) is 0. The van der Waals surface area contributed by atoms with Crippen molar-refractivity contribution in [3.05, 3.63) is 35.6 Å². The normalized spacial score (nSPS) is 14.4. The molecule has 10 nitrogen and oxygen atoms in total. The Morgan fingerprint density at radius 2 is 2.06 bits per heavy atom. The number of urea groups is 1. The van der Waals surface area contributed by atoms with Crippen LogP contribution in [0, 0.1) is 5.82 Å². The Labute approximate surface area is 193 Å². The van der Waals surface area contributed by atoms with Crippen molar-refractivity contribution in [2.75, 3.05) is 36.9 Å². The zero-order valence-electron chi connectivity index (χ0n) is 18.0. The van der Waals surface area contributed by atoms with Crippen molar-refractivity contribution in [2.45, 2.75) is 19.9 Å². The quantitative estimate of drug-likeness (QED) is 0.417. The minimum Gasteiger partial charge on any atom is -0.379 e. The van der Waals surface area contributed by atoms with E-state index in [4.69, 9.17) is 16.3 Å². The average molecular weight is 473 g/mol. The lowest BCUT2D eigenvalue weighted by molar-refractivity contribution is 0.0564. The van der Waals surface area contributed by atoms with Crippen LogP contribution >= 0.6 is 11.6 Å². The smallest absolute Gasteiger partial charge is 0.323 e. The van der Waals surface area contributed by atoms with E-state index in [1.165, 1.54) is 0 Å². The zero-order valence-corrected chi connectivity index (χ0v) is 18.8. The molecule has 1 aromatic carbocycles. The number of amides is 2. The number of aromatic amines is 1. The summed E-state index contributed by atoms with van der Waals surface area (Å²) in [5, 5.41) is 13.4. The first-order valence-corrected chi connectivity index (χ1v) is 10.9. The topological polar surface area (TPSA) is 112 Å². The number of H-pyrrole nitrogens is 1. The number of anilines is 2. The van der Waals surface area contributed by atoms with Crippen LogP contribution < -0.4 is 10.6 Å². The fraction of sp³-hybridized carbons (Fsp3) is 0.333. The summed E-state index contributed by atoms with van der Waals surface area (Å²) in [5.41, 5.74) is 2.16. The highest BCUT2D eigenvalue weighted by atomic mass is 35.5. The number of hydrogen-bond acceptors (Lipinski definition) is 6. The number of fused-ring (bicyclic) bond motifs is 2. The molecule has 12 heteroatoms. The molecule has 5 rings (SSSR count). The van der Waals surface area contributed by atoms with Crippen LogP contribution in [-0.4, -0.2) is 67.8 Å². The van der Waals surface area contributed by atoms with E-state index in [2.05, 4.69) is 30.8 Å². The number of aromatic nitrogens is 5. The number of ether oxygens (including phenoxy) is 1. The molecule has 1 saturated heterocycles. The maximum absolute atomic E-state index is 15.2. The van der Waals surface area contributed by atoms with Crippen molar-refractivity contribution in [3.8, 4) is 11.3 Å². The molecule has 0 bridgehead atoms. The van der Waals surface area contributed by atoms with Gasteiger partial charge < -0.3 is 19.4 Å². The fourth-order valence-electron chi connectivity index (χ4n) is 3.83. The van der Waals surface area contributed by atoms with Crippen LogP contribution in [0.25, 0.3) is 27.8 Å². The summed E-state index contributed by atoms with van der Waals surface area (Å²) in [5.74, 6) is -0.198. The molecule has 0 radical (unpaired) electrons. The molecule has 1 fully saturated rings. The minimum atomic E-state index is -0.580. The van der Waals surface area contributed by atoms with E-state index in [1.54, 1.807) is 34.1 Å². The standard InChI is InChI=1S/C21H22ClFN8O2/c1-11(2)26-20-18(23)17(22)16(12-7-25-29-19(12)20)13-9-31-10-14(27-15(31)8-24-13)28-21(32)30-3-5-33-6-4-30/h7-11,26H,3-6H2,1-2H3,(H,25,29)(H,28,32). The molecule has 0 spiro atoms. The molecule has 4 aromatic rings. The Hall–Kier alpha value is -3.44. The van der Waals surface area contributed by atoms with Gasteiger partial charge in [-0.3, -0.25) is 15.4 Å². The molecule has 4 heterocycles. The molecular formula is C21H22ClFN8O2. The van der Waals surface area contributed by atoms with Crippen molar-refractivity contribution >= 4 is 45.7 Å². The molecule has 172 valence electrons. The predicted molar refractivity (Wildman–Crippen MR) is 123 cm³/mol. The number of morpholine rings is 1. The third kappa shape index (κ3) is 3.93. The molecule has 1 aliphatic heterocycles. The summed E-state index contributed by atoms with van der Waals surface area (Å²) in [6.07, 6.45) is 6.50. The lowest BCUT2D eigenvalue weighted by Crippen LogP contribution is -2.43. The first-order valence-electron chi connectivity index (χ1n) is 10.5. The number of halogens is 2. The molecule has 33 heavy (non-hydrogen) atoms. The first-order chi connectivity index (χ1) is 15.9. The van der Waals surface area contributed by atoms with E-state index in [1.807, 2.05) is 13.8 Å². The highest BCUT2D eigenvalue weighted by Gasteiger charge is 2.23. The van der Waals surface area contributed by atoms with E-state index < -0.39 is 5.82 Å². The first kappa shape index (κ1) is 21.4. The van der Waals surface area contributed by atoms with E-state index in [0.717, 1.165) is 0 Å². The molecule has 0 unspecified atom stereocenters. The van der Waals surface area contributed by atoms with Crippen LogP contribution in [0.5, 0.6) is 0 Å². The second kappa shape index (κ2) is 8.49. The van der Waals surface area contributed by atoms with Gasteiger partial charge >= 0.3 is 6.03 Å². The predicted octanol–water partition coefficient (Wildman–Crippen LogP) is 3.75. The molecule has 0 atom stereocenters.